The third-order valence-corrected chi connectivity index (χ3v) is 3.63. The van der Waals surface area contributed by atoms with Gasteiger partial charge in [-0.2, -0.15) is 0 Å². The van der Waals surface area contributed by atoms with Gasteiger partial charge in [-0.25, -0.2) is 0 Å². The zero-order valence-electron chi connectivity index (χ0n) is 10.2. The second kappa shape index (κ2) is 6.90. The molecule has 0 atom stereocenters. The average molecular weight is 310 g/mol. The van der Waals surface area contributed by atoms with Crippen molar-refractivity contribution in [3.8, 4) is 0 Å². The summed E-state index contributed by atoms with van der Waals surface area (Å²) < 4.78 is 0. The average Bonchev–Trinajstić information content (AvgIpc) is 2.39. The first-order chi connectivity index (χ1) is 9.16. The minimum atomic E-state index is 0.574. The summed E-state index contributed by atoms with van der Waals surface area (Å²) >= 11 is 17.3. The maximum atomic E-state index is 6.11. The summed E-state index contributed by atoms with van der Waals surface area (Å²) in [7, 11) is 0. The van der Waals surface area contributed by atoms with Crippen LogP contribution in [0.5, 0.6) is 0 Å². The monoisotopic (exact) mass is 309 g/mol. The molecule has 1 N–H and O–H groups in total. The second-order valence-corrected chi connectivity index (χ2v) is 5.37. The van der Waals surface area contributed by atoms with Crippen molar-refractivity contribution in [1.29, 1.82) is 0 Å². The van der Waals surface area contributed by atoms with Crippen LogP contribution in [0.15, 0.2) is 48.5 Å². The molecule has 0 heterocycles. The molecule has 19 heavy (non-hydrogen) atoms. The molecule has 4 heteroatoms. The normalized spacial score (nSPS) is 10.2. The number of hydrogen-bond donors (Lipinski definition) is 1. The molecule has 2 aromatic rings. The lowest BCUT2D eigenvalue weighted by Crippen LogP contribution is -2.24. The summed E-state index contributed by atoms with van der Waals surface area (Å²) in [5.41, 5.74) is 2.09. The highest BCUT2D eigenvalue weighted by Crippen LogP contribution is 2.21. The molecule has 98 valence electrons. The lowest BCUT2D eigenvalue weighted by Gasteiger charge is -2.09. The summed E-state index contributed by atoms with van der Waals surface area (Å²) in [6, 6.07) is 15.6. The van der Waals surface area contributed by atoms with Crippen molar-refractivity contribution < 1.29 is 0 Å². The van der Waals surface area contributed by atoms with Gasteiger partial charge in [0.25, 0.3) is 0 Å². The van der Waals surface area contributed by atoms with Crippen LogP contribution in [0.2, 0.25) is 10.0 Å². The van der Waals surface area contributed by atoms with Gasteiger partial charge in [-0.05, 0) is 30.2 Å². The Morgan fingerprint density at radius 3 is 2.47 bits per heavy atom. The van der Waals surface area contributed by atoms with Crippen molar-refractivity contribution in [2.24, 2.45) is 0 Å². The first-order valence-corrected chi connectivity index (χ1v) is 7.10. The zero-order chi connectivity index (χ0) is 13.7. The number of rotatable bonds is 4. The van der Waals surface area contributed by atoms with Crippen LogP contribution < -0.4 is 5.32 Å². The van der Waals surface area contributed by atoms with Crippen molar-refractivity contribution in [1.82, 2.24) is 5.32 Å². The van der Waals surface area contributed by atoms with Gasteiger partial charge in [0.05, 0.1) is 5.02 Å². The summed E-state index contributed by atoms with van der Waals surface area (Å²) in [5, 5.41) is 4.40. The van der Waals surface area contributed by atoms with E-state index in [9.17, 15) is 0 Å². The molecule has 0 aliphatic carbocycles. The van der Waals surface area contributed by atoms with Crippen LogP contribution in [0.3, 0.4) is 0 Å². The van der Waals surface area contributed by atoms with Crippen LogP contribution in [0.4, 0.5) is 0 Å². The summed E-state index contributed by atoms with van der Waals surface area (Å²) in [6.07, 6.45) is 0.923. The van der Waals surface area contributed by atoms with Crippen molar-refractivity contribution in [2.75, 3.05) is 6.54 Å². The number of nitrogens with one attached hydrogen (secondary N) is 1. The van der Waals surface area contributed by atoms with E-state index < -0.39 is 0 Å². The molecule has 0 aliphatic heterocycles. The highest BCUT2D eigenvalue weighted by molar-refractivity contribution is 7.80. The molecular formula is C15H13Cl2NS. The van der Waals surface area contributed by atoms with Gasteiger partial charge in [0.1, 0.15) is 4.99 Å². The van der Waals surface area contributed by atoms with Gasteiger partial charge in [-0.1, -0.05) is 65.8 Å². The fourth-order valence-electron chi connectivity index (χ4n) is 1.73. The molecule has 0 unspecified atom stereocenters. The van der Waals surface area contributed by atoms with E-state index in [2.05, 4.69) is 17.4 Å². The van der Waals surface area contributed by atoms with Crippen LogP contribution >= 0.6 is 35.4 Å². The minimum absolute atomic E-state index is 0.574. The van der Waals surface area contributed by atoms with E-state index in [1.807, 2.05) is 24.3 Å². The van der Waals surface area contributed by atoms with Crippen molar-refractivity contribution >= 4 is 40.4 Å². The van der Waals surface area contributed by atoms with E-state index in [4.69, 9.17) is 35.4 Å². The molecule has 0 saturated heterocycles. The predicted octanol–water partition coefficient (Wildman–Crippen LogP) is 4.50. The molecular weight excluding hydrogens is 297 g/mol. The first kappa shape index (κ1) is 14.3. The molecule has 0 aromatic heterocycles. The van der Waals surface area contributed by atoms with E-state index in [-0.39, 0.29) is 0 Å². The van der Waals surface area contributed by atoms with Gasteiger partial charge in [0, 0.05) is 17.1 Å². The smallest absolute Gasteiger partial charge is 0.108 e. The van der Waals surface area contributed by atoms with Gasteiger partial charge in [0.15, 0.2) is 0 Å². The van der Waals surface area contributed by atoms with Crippen LogP contribution in [0.1, 0.15) is 11.1 Å². The molecule has 0 spiro atoms. The van der Waals surface area contributed by atoms with Crippen LogP contribution in [-0.4, -0.2) is 11.5 Å². The van der Waals surface area contributed by atoms with Crippen molar-refractivity contribution in [2.45, 2.75) is 6.42 Å². The van der Waals surface area contributed by atoms with Crippen LogP contribution in [0.25, 0.3) is 0 Å². The van der Waals surface area contributed by atoms with Gasteiger partial charge in [0.2, 0.25) is 0 Å². The Hall–Kier alpha value is -1.09. The molecule has 0 saturated carbocycles. The fraction of sp³-hybridized carbons (Fsp3) is 0.133. The van der Waals surface area contributed by atoms with Crippen LogP contribution in [0, 0.1) is 0 Å². The second-order valence-electron chi connectivity index (χ2n) is 4.12. The largest absolute Gasteiger partial charge is 0.375 e. The third-order valence-electron chi connectivity index (χ3n) is 2.72. The fourth-order valence-corrected chi connectivity index (χ4v) is 2.57. The first-order valence-electron chi connectivity index (χ1n) is 5.94. The van der Waals surface area contributed by atoms with Gasteiger partial charge in [-0.3, -0.25) is 0 Å². The van der Waals surface area contributed by atoms with Crippen LogP contribution in [-0.2, 0) is 6.42 Å². The Balaban J connectivity index is 1.91. The highest BCUT2D eigenvalue weighted by atomic mass is 35.5. The molecule has 0 fully saturated rings. The van der Waals surface area contributed by atoms with Gasteiger partial charge < -0.3 is 5.32 Å². The summed E-state index contributed by atoms with van der Waals surface area (Å²) in [6.45, 7) is 0.780. The summed E-state index contributed by atoms with van der Waals surface area (Å²) in [5.74, 6) is 0. The lowest BCUT2D eigenvalue weighted by atomic mass is 10.1. The molecule has 1 nitrogen and oxygen atoms in total. The highest BCUT2D eigenvalue weighted by Gasteiger charge is 2.06. The molecule has 2 rings (SSSR count). The van der Waals surface area contributed by atoms with Gasteiger partial charge in [-0.15, -0.1) is 0 Å². The third kappa shape index (κ3) is 4.20. The number of hydrogen-bond acceptors (Lipinski definition) is 1. The van der Waals surface area contributed by atoms with Gasteiger partial charge >= 0.3 is 0 Å². The summed E-state index contributed by atoms with van der Waals surface area (Å²) in [4.78, 5) is 0.651. The molecule has 0 radical (unpaired) electrons. The SMILES string of the molecule is S=C(NCCc1ccccc1)c1ccc(Cl)cc1Cl. The lowest BCUT2D eigenvalue weighted by molar-refractivity contribution is 0.875. The molecule has 0 aliphatic rings. The minimum Gasteiger partial charge on any atom is -0.375 e. The topological polar surface area (TPSA) is 12.0 Å². The van der Waals surface area contributed by atoms with E-state index in [1.165, 1.54) is 5.56 Å². The Kier molecular flexibility index (Phi) is 5.20. The predicted molar refractivity (Wildman–Crippen MR) is 86.3 cm³/mol. The van der Waals surface area contributed by atoms with Crippen molar-refractivity contribution in [3.05, 3.63) is 69.7 Å². The van der Waals surface area contributed by atoms with Crippen molar-refractivity contribution in [3.63, 3.8) is 0 Å². The Morgan fingerprint density at radius 2 is 1.79 bits per heavy atom. The van der Waals surface area contributed by atoms with E-state index in [0.29, 0.717) is 15.0 Å². The Morgan fingerprint density at radius 1 is 1.05 bits per heavy atom. The van der Waals surface area contributed by atoms with E-state index in [1.54, 1.807) is 12.1 Å². The number of halogens is 2. The Bertz CT molecular complexity index is 570. The standard InChI is InChI=1S/C15H13Cl2NS/c16-12-6-7-13(14(17)10-12)15(19)18-9-8-11-4-2-1-3-5-11/h1-7,10H,8-9H2,(H,18,19). The Labute approximate surface area is 128 Å². The molecule has 0 bridgehead atoms. The maximum absolute atomic E-state index is 6.11. The van der Waals surface area contributed by atoms with E-state index >= 15 is 0 Å². The number of benzene rings is 2. The molecule has 2 aromatic carbocycles. The van der Waals surface area contributed by atoms with E-state index in [0.717, 1.165) is 18.5 Å². The zero-order valence-corrected chi connectivity index (χ0v) is 12.5. The number of thiocarbonyl (C=S) groups is 1. The molecule has 0 amide bonds. The quantitative estimate of drug-likeness (QED) is 0.834. The maximum Gasteiger partial charge on any atom is 0.108 e.